The van der Waals surface area contributed by atoms with Gasteiger partial charge in [-0.05, 0) is 42.5 Å². The number of pyridine rings is 1. The summed E-state index contributed by atoms with van der Waals surface area (Å²) in [6.07, 6.45) is 0. The minimum absolute atomic E-state index is 0.0797. The number of benzene rings is 2. The van der Waals surface area contributed by atoms with E-state index in [1.807, 2.05) is 30.3 Å². The van der Waals surface area contributed by atoms with Crippen molar-refractivity contribution in [3.05, 3.63) is 76.0 Å². The zero-order valence-electron chi connectivity index (χ0n) is 12.4. The average molecular weight is 338 g/mol. The predicted molar refractivity (Wildman–Crippen MR) is 93.8 cm³/mol. The minimum Gasteiger partial charge on any atom is -0.507 e. The summed E-state index contributed by atoms with van der Waals surface area (Å²) in [6, 6.07) is 17.4. The fourth-order valence-electron chi connectivity index (χ4n) is 2.62. The number of aromatic amines is 1. The Bertz CT molecular complexity index is 1100. The van der Waals surface area contributed by atoms with Crippen molar-refractivity contribution < 1.29 is 5.11 Å². The number of nitrogens with one attached hydrogen (secondary N) is 1. The number of hydrogen-bond donors (Lipinski definition) is 2. The fourth-order valence-corrected chi connectivity index (χ4v) is 2.79. The van der Waals surface area contributed by atoms with Gasteiger partial charge in [0.15, 0.2) is 5.65 Å². The number of H-pyrrole nitrogens is 1. The highest BCUT2D eigenvalue weighted by molar-refractivity contribution is 6.30. The van der Waals surface area contributed by atoms with Crippen LogP contribution in [0.1, 0.15) is 0 Å². The molecule has 0 atom stereocenters. The van der Waals surface area contributed by atoms with E-state index in [0.717, 1.165) is 5.69 Å². The third-order valence-corrected chi connectivity index (χ3v) is 4.03. The molecule has 5 nitrogen and oxygen atoms in total. The Morgan fingerprint density at radius 2 is 1.83 bits per heavy atom. The molecule has 6 heteroatoms. The standard InChI is InChI=1S/C18H12ClN3O2/c19-11-6-9-16(23)14(10-11)15-8-7-13-17(20-15)21-22(18(13)24)12-4-2-1-3-5-12/h1-10,23H,(H,20,21). The third kappa shape index (κ3) is 2.35. The molecule has 4 aromatic rings. The molecule has 0 aliphatic carbocycles. The molecule has 0 spiro atoms. The van der Waals surface area contributed by atoms with Gasteiger partial charge in [-0.25, -0.2) is 9.67 Å². The lowest BCUT2D eigenvalue weighted by Gasteiger charge is -2.04. The summed E-state index contributed by atoms with van der Waals surface area (Å²) in [5.74, 6) is 0.0797. The van der Waals surface area contributed by atoms with E-state index in [-0.39, 0.29) is 11.3 Å². The van der Waals surface area contributed by atoms with E-state index in [0.29, 0.717) is 27.3 Å². The van der Waals surface area contributed by atoms with Crippen LogP contribution in [0.3, 0.4) is 0 Å². The van der Waals surface area contributed by atoms with Crippen LogP contribution in [0.4, 0.5) is 0 Å². The number of rotatable bonds is 2. The van der Waals surface area contributed by atoms with Gasteiger partial charge in [0.05, 0.1) is 16.8 Å². The summed E-state index contributed by atoms with van der Waals surface area (Å²) < 4.78 is 1.44. The van der Waals surface area contributed by atoms with Crippen LogP contribution in [0, 0.1) is 0 Å². The van der Waals surface area contributed by atoms with Crippen LogP contribution in [0.5, 0.6) is 5.75 Å². The average Bonchev–Trinajstić information content (AvgIpc) is 2.94. The maximum Gasteiger partial charge on any atom is 0.280 e. The minimum atomic E-state index is -0.175. The van der Waals surface area contributed by atoms with Crippen molar-refractivity contribution in [2.45, 2.75) is 0 Å². The van der Waals surface area contributed by atoms with Gasteiger partial charge in [0.2, 0.25) is 0 Å². The van der Waals surface area contributed by atoms with Crippen molar-refractivity contribution in [3.63, 3.8) is 0 Å². The van der Waals surface area contributed by atoms with Crippen molar-refractivity contribution in [2.75, 3.05) is 0 Å². The molecule has 0 amide bonds. The first kappa shape index (κ1) is 14.5. The maximum absolute atomic E-state index is 12.5. The van der Waals surface area contributed by atoms with Gasteiger partial charge >= 0.3 is 0 Å². The van der Waals surface area contributed by atoms with Crippen molar-refractivity contribution in [2.24, 2.45) is 0 Å². The second kappa shape index (κ2) is 5.54. The Kier molecular flexibility index (Phi) is 3.36. The number of nitrogens with zero attached hydrogens (tertiary/aromatic N) is 2. The van der Waals surface area contributed by atoms with E-state index in [1.54, 1.807) is 24.3 Å². The van der Waals surface area contributed by atoms with E-state index in [1.165, 1.54) is 10.7 Å². The fraction of sp³-hybridized carbons (Fsp3) is 0. The molecule has 0 aliphatic rings. The monoisotopic (exact) mass is 337 g/mol. The van der Waals surface area contributed by atoms with Gasteiger partial charge in [0.1, 0.15) is 5.75 Å². The summed E-state index contributed by atoms with van der Waals surface area (Å²) in [6.45, 7) is 0. The number of hydrogen-bond acceptors (Lipinski definition) is 3. The molecule has 0 radical (unpaired) electrons. The molecule has 0 saturated heterocycles. The number of aromatic hydroxyl groups is 1. The molecular weight excluding hydrogens is 326 g/mol. The molecule has 0 bridgehead atoms. The highest BCUT2D eigenvalue weighted by atomic mass is 35.5. The largest absolute Gasteiger partial charge is 0.507 e. The van der Waals surface area contributed by atoms with E-state index in [2.05, 4.69) is 10.1 Å². The van der Waals surface area contributed by atoms with Crippen LogP contribution >= 0.6 is 11.6 Å². The highest BCUT2D eigenvalue weighted by Gasteiger charge is 2.12. The Morgan fingerprint density at radius 1 is 1.04 bits per heavy atom. The molecule has 0 saturated carbocycles. The van der Waals surface area contributed by atoms with E-state index in [4.69, 9.17) is 11.6 Å². The van der Waals surface area contributed by atoms with Gasteiger partial charge in [-0.3, -0.25) is 9.89 Å². The molecule has 2 aromatic carbocycles. The molecule has 0 unspecified atom stereocenters. The molecular formula is C18H12ClN3O2. The number of para-hydroxylation sites is 1. The predicted octanol–water partition coefficient (Wildman–Crippen LogP) is 3.74. The molecule has 2 aromatic heterocycles. The Hall–Kier alpha value is -3.05. The quantitative estimate of drug-likeness (QED) is 0.585. The van der Waals surface area contributed by atoms with Crippen LogP contribution in [0.25, 0.3) is 28.0 Å². The van der Waals surface area contributed by atoms with Crippen LogP contribution in [-0.2, 0) is 0 Å². The van der Waals surface area contributed by atoms with Gasteiger partial charge in [-0.2, -0.15) is 0 Å². The smallest absolute Gasteiger partial charge is 0.280 e. The summed E-state index contributed by atoms with van der Waals surface area (Å²) in [5.41, 5.74) is 2.04. The van der Waals surface area contributed by atoms with Gasteiger partial charge in [0, 0.05) is 10.6 Å². The zero-order valence-corrected chi connectivity index (χ0v) is 13.2. The summed E-state index contributed by atoms with van der Waals surface area (Å²) in [5, 5.41) is 14.0. The summed E-state index contributed by atoms with van der Waals surface area (Å²) >= 11 is 5.99. The number of phenols is 1. The van der Waals surface area contributed by atoms with Gasteiger partial charge in [-0.15, -0.1) is 0 Å². The van der Waals surface area contributed by atoms with Gasteiger partial charge < -0.3 is 5.11 Å². The van der Waals surface area contributed by atoms with Gasteiger partial charge in [0.25, 0.3) is 5.56 Å². The topological polar surface area (TPSA) is 70.9 Å². The lowest BCUT2D eigenvalue weighted by atomic mass is 10.1. The highest BCUT2D eigenvalue weighted by Crippen LogP contribution is 2.31. The second-order valence-corrected chi connectivity index (χ2v) is 5.78. The van der Waals surface area contributed by atoms with Crippen LogP contribution < -0.4 is 5.56 Å². The van der Waals surface area contributed by atoms with Crippen LogP contribution in [0.2, 0.25) is 5.02 Å². The van der Waals surface area contributed by atoms with Crippen molar-refractivity contribution >= 4 is 22.6 Å². The maximum atomic E-state index is 12.5. The Balaban J connectivity index is 1.91. The van der Waals surface area contributed by atoms with Crippen molar-refractivity contribution in [1.82, 2.24) is 14.8 Å². The molecule has 0 aliphatic heterocycles. The van der Waals surface area contributed by atoms with Crippen LogP contribution in [-0.4, -0.2) is 19.9 Å². The first-order valence-electron chi connectivity index (χ1n) is 7.29. The third-order valence-electron chi connectivity index (χ3n) is 3.80. The number of phenolic OH excluding ortho intramolecular Hbond substituents is 1. The molecule has 4 rings (SSSR count). The summed E-state index contributed by atoms with van der Waals surface area (Å²) in [7, 11) is 0. The molecule has 0 fully saturated rings. The van der Waals surface area contributed by atoms with E-state index < -0.39 is 0 Å². The van der Waals surface area contributed by atoms with Crippen molar-refractivity contribution in [3.8, 4) is 22.7 Å². The second-order valence-electron chi connectivity index (χ2n) is 5.34. The Morgan fingerprint density at radius 3 is 2.62 bits per heavy atom. The number of halogens is 1. The SMILES string of the molecule is O=c1c2ccc(-c3cc(Cl)ccc3O)nc2[nH]n1-c1ccccc1. The summed E-state index contributed by atoms with van der Waals surface area (Å²) in [4.78, 5) is 17.0. The molecule has 2 heterocycles. The number of aromatic nitrogens is 3. The van der Waals surface area contributed by atoms with Gasteiger partial charge in [-0.1, -0.05) is 29.8 Å². The lowest BCUT2D eigenvalue weighted by Crippen LogP contribution is -2.13. The lowest BCUT2D eigenvalue weighted by molar-refractivity contribution is 0.477. The van der Waals surface area contributed by atoms with E-state index in [9.17, 15) is 9.90 Å². The number of fused-ring (bicyclic) bond motifs is 1. The molecule has 118 valence electrons. The first-order valence-corrected chi connectivity index (χ1v) is 7.67. The van der Waals surface area contributed by atoms with Crippen molar-refractivity contribution in [1.29, 1.82) is 0 Å². The molecule has 24 heavy (non-hydrogen) atoms. The zero-order chi connectivity index (χ0) is 16.7. The van der Waals surface area contributed by atoms with Crippen LogP contribution in [0.15, 0.2) is 65.5 Å². The first-order chi connectivity index (χ1) is 11.6. The van der Waals surface area contributed by atoms with E-state index >= 15 is 0 Å². The Labute approximate surface area is 141 Å². The normalized spacial score (nSPS) is 11.0. The molecule has 2 N–H and O–H groups in total.